The predicted octanol–water partition coefficient (Wildman–Crippen LogP) is 1.13. The molecule has 0 aromatic heterocycles. The third kappa shape index (κ3) is 4.59. The number of carbonyl (C=O) groups is 1. The first-order valence-electron chi connectivity index (χ1n) is 7.40. The Morgan fingerprint density at radius 3 is 2.90 bits per heavy atom. The summed E-state index contributed by atoms with van der Waals surface area (Å²) in [7, 11) is 2.11. The van der Waals surface area contributed by atoms with Crippen LogP contribution in [0.1, 0.15) is 34.3 Å². The molecule has 1 fully saturated rings. The number of carbonyl (C=O) groups excluding carboxylic acids is 1. The van der Waals surface area contributed by atoms with Gasteiger partial charge in [0.15, 0.2) is 0 Å². The maximum atomic E-state index is 12.3. The van der Waals surface area contributed by atoms with Gasteiger partial charge in [-0.2, -0.15) is 0 Å². The largest absolute Gasteiger partial charge is 0.351 e. The molecule has 1 aromatic rings. The highest BCUT2D eigenvalue weighted by molar-refractivity contribution is 5.96. The monoisotopic (exact) mass is 285 g/mol. The molecule has 3 N–H and O–H groups in total. The minimum absolute atomic E-state index is 0.0342. The number of hydrogen-bond acceptors (Lipinski definition) is 3. The van der Waals surface area contributed by atoms with Crippen LogP contribution in [0.15, 0.2) is 18.2 Å². The molecule has 0 heterocycles. The lowest BCUT2D eigenvalue weighted by Gasteiger charge is -2.16. The van der Waals surface area contributed by atoms with Crippen molar-refractivity contribution in [3.05, 3.63) is 34.9 Å². The maximum Gasteiger partial charge on any atom is 0.251 e. The summed E-state index contributed by atoms with van der Waals surface area (Å²) in [6.07, 6.45) is 2.57. The molecular formula is C17H23N3O. The summed E-state index contributed by atoms with van der Waals surface area (Å²) >= 11 is 0. The second-order valence-electron chi connectivity index (χ2n) is 5.50. The number of aryl methyl sites for hydroxylation is 1. The second-order valence-corrected chi connectivity index (χ2v) is 5.50. The fourth-order valence-electron chi connectivity index (χ4n) is 2.24. The average Bonchev–Trinajstić information content (AvgIpc) is 3.30. The zero-order valence-electron chi connectivity index (χ0n) is 12.8. The van der Waals surface area contributed by atoms with Crippen molar-refractivity contribution in [2.24, 2.45) is 5.73 Å². The molecule has 0 radical (unpaired) electrons. The van der Waals surface area contributed by atoms with Gasteiger partial charge >= 0.3 is 0 Å². The molecular weight excluding hydrogens is 262 g/mol. The maximum absolute atomic E-state index is 12.3. The summed E-state index contributed by atoms with van der Waals surface area (Å²) in [6.45, 7) is 3.82. The highest BCUT2D eigenvalue weighted by atomic mass is 16.1. The highest BCUT2D eigenvalue weighted by Crippen LogP contribution is 2.24. The van der Waals surface area contributed by atoms with E-state index in [-0.39, 0.29) is 5.91 Å². The molecule has 21 heavy (non-hydrogen) atoms. The SMILES string of the molecule is Cc1ccc(C#CCN)cc1C(=O)NCCN(C)C1CC1. The molecule has 1 aromatic carbocycles. The van der Waals surface area contributed by atoms with Crippen molar-refractivity contribution in [1.82, 2.24) is 10.2 Å². The van der Waals surface area contributed by atoms with E-state index >= 15 is 0 Å². The van der Waals surface area contributed by atoms with Crippen molar-refractivity contribution in [3.8, 4) is 11.8 Å². The number of benzene rings is 1. The van der Waals surface area contributed by atoms with E-state index in [0.29, 0.717) is 18.7 Å². The highest BCUT2D eigenvalue weighted by Gasteiger charge is 2.25. The number of amides is 1. The molecule has 4 nitrogen and oxygen atoms in total. The van der Waals surface area contributed by atoms with Crippen molar-refractivity contribution in [2.45, 2.75) is 25.8 Å². The summed E-state index contributed by atoms with van der Waals surface area (Å²) in [6, 6.07) is 6.39. The number of likely N-dealkylation sites (N-methyl/N-ethyl adjacent to an activating group) is 1. The van der Waals surface area contributed by atoms with Crippen molar-refractivity contribution in [3.63, 3.8) is 0 Å². The van der Waals surface area contributed by atoms with Crippen molar-refractivity contribution < 1.29 is 4.79 Å². The van der Waals surface area contributed by atoms with Crippen LogP contribution >= 0.6 is 0 Å². The zero-order valence-corrected chi connectivity index (χ0v) is 12.8. The molecule has 2 rings (SSSR count). The van der Waals surface area contributed by atoms with Crippen LogP contribution in [0.5, 0.6) is 0 Å². The van der Waals surface area contributed by atoms with Crippen LogP contribution in [-0.2, 0) is 0 Å². The molecule has 0 aliphatic heterocycles. The predicted molar refractivity (Wildman–Crippen MR) is 85.1 cm³/mol. The minimum Gasteiger partial charge on any atom is -0.351 e. The first-order valence-corrected chi connectivity index (χ1v) is 7.40. The molecule has 0 spiro atoms. The normalized spacial score (nSPS) is 13.7. The van der Waals surface area contributed by atoms with Gasteiger partial charge in [-0.1, -0.05) is 17.9 Å². The molecule has 1 aliphatic rings. The van der Waals surface area contributed by atoms with Crippen LogP contribution in [0.25, 0.3) is 0 Å². The number of hydrogen-bond donors (Lipinski definition) is 2. The van der Waals surface area contributed by atoms with Gasteiger partial charge in [0.1, 0.15) is 0 Å². The summed E-state index contributed by atoms with van der Waals surface area (Å²) in [5.41, 5.74) is 7.84. The van der Waals surface area contributed by atoms with Gasteiger partial charge in [0, 0.05) is 30.3 Å². The van der Waals surface area contributed by atoms with Crippen LogP contribution in [0.3, 0.4) is 0 Å². The molecule has 1 amide bonds. The van der Waals surface area contributed by atoms with Gasteiger partial charge < -0.3 is 16.0 Å². The third-order valence-corrected chi connectivity index (χ3v) is 3.74. The first-order chi connectivity index (χ1) is 10.1. The van der Waals surface area contributed by atoms with E-state index in [1.165, 1.54) is 12.8 Å². The molecule has 1 saturated carbocycles. The number of nitrogens with one attached hydrogen (secondary N) is 1. The molecule has 4 heteroatoms. The summed E-state index contributed by atoms with van der Waals surface area (Å²) in [5.74, 6) is 5.73. The Morgan fingerprint density at radius 1 is 1.48 bits per heavy atom. The van der Waals surface area contributed by atoms with Gasteiger partial charge in [0.25, 0.3) is 5.91 Å². The van der Waals surface area contributed by atoms with E-state index in [0.717, 1.165) is 23.7 Å². The smallest absolute Gasteiger partial charge is 0.251 e. The fraction of sp³-hybridized carbons (Fsp3) is 0.471. The summed E-state index contributed by atoms with van der Waals surface area (Å²) < 4.78 is 0. The van der Waals surface area contributed by atoms with E-state index < -0.39 is 0 Å². The van der Waals surface area contributed by atoms with Crippen LogP contribution in [0.4, 0.5) is 0 Å². The van der Waals surface area contributed by atoms with Crippen LogP contribution in [0.2, 0.25) is 0 Å². The zero-order chi connectivity index (χ0) is 15.2. The van der Waals surface area contributed by atoms with Gasteiger partial charge in [-0.15, -0.1) is 0 Å². The van der Waals surface area contributed by atoms with Crippen LogP contribution in [-0.4, -0.2) is 43.5 Å². The Hall–Kier alpha value is -1.83. The third-order valence-electron chi connectivity index (χ3n) is 3.74. The van der Waals surface area contributed by atoms with Crippen molar-refractivity contribution in [1.29, 1.82) is 0 Å². The van der Waals surface area contributed by atoms with Gasteiger partial charge in [0.05, 0.1) is 6.54 Å². The van der Waals surface area contributed by atoms with E-state index in [1.807, 2.05) is 25.1 Å². The quantitative estimate of drug-likeness (QED) is 0.797. The van der Waals surface area contributed by atoms with Gasteiger partial charge in [-0.25, -0.2) is 0 Å². The Balaban J connectivity index is 1.93. The second kappa shape index (κ2) is 7.26. The molecule has 0 atom stereocenters. The molecule has 0 saturated heterocycles. The van der Waals surface area contributed by atoms with Crippen LogP contribution in [0, 0.1) is 18.8 Å². The first kappa shape index (κ1) is 15.6. The number of nitrogens with zero attached hydrogens (tertiary/aromatic N) is 1. The lowest BCUT2D eigenvalue weighted by molar-refractivity contribution is 0.0949. The Labute approximate surface area is 126 Å². The van der Waals surface area contributed by atoms with E-state index in [2.05, 4.69) is 29.1 Å². The van der Waals surface area contributed by atoms with E-state index in [9.17, 15) is 4.79 Å². The molecule has 112 valence electrons. The standard InChI is InChI=1S/C17H23N3O/c1-13-5-6-14(4-3-9-18)12-16(13)17(21)19-10-11-20(2)15-7-8-15/h5-6,12,15H,7-11,18H2,1-2H3,(H,19,21). The Kier molecular flexibility index (Phi) is 5.38. The number of nitrogens with two attached hydrogens (primary N) is 1. The number of rotatable bonds is 5. The van der Waals surface area contributed by atoms with Crippen molar-refractivity contribution >= 4 is 5.91 Å². The van der Waals surface area contributed by atoms with Gasteiger partial charge in [-0.05, 0) is 44.5 Å². The lowest BCUT2D eigenvalue weighted by atomic mass is 10.0. The fourth-order valence-corrected chi connectivity index (χ4v) is 2.24. The summed E-state index contributed by atoms with van der Waals surface area (Å²) in [5, 5.41) is 2.98. The Bertz CT molecular complexity index is 567. The van der Waals surface area contributed by atoms with E-state index in [1.54, 1.807) is 0 Å². The van der Waals surface area contributed by atoms with Gasteiger partial charge in [0.2, 0.25) is 0 Å². The topological polar surface area (TPSA) is 58.4 Å². The van der Waals surface area contributed by atoms with E-state index in [4.69, 9.17) is 5.73 Å². The summed E-state index contributed by atoms with van der Waals surface area (Å²) in [4.78, 5) is 14.6. The van der Waals surface area contributed by atoms with Crippen LogP contribution < -0.4 is 11.1 Å². The molecule has 1 aliphatic carbocycles. The minimum atomic E-state index is -0.0342. The molecule has 0 bridgehead atoms. The Morgan fingerprint density at radius 2 is 2.24 bits per heavy atom. The molecule has 0 unspecified atom stereocenters. The van der Waals surface area contributed by atoms with Gasteiger partial charge in [-0.3, -0.25) is 4.79 Å². The average molecular weight is 285 g/mol. The van der Waals surface area contributed by atoms with Crippen molar-refractivity contribution in [2.75, 3.05) is 26.7 Å². The lowest BCUT2D eigenvalue weighted by Crippen LogP contribution is -2.34.